The van der Waals surface area contributed by atoms with Gasteiger partial charge in [0.15, 0.2) is 5.82 Å². The monoisotopic (exact) mass is 378 g/mol. The van der Waals surface area contributed by atoms with Crippen LogP contribution in [0.5, 0.6) is 0 Å². The van der Waals surface area contributed by atoms with Gasteiger partial charge in [0.05, 0.1) is 17.4 Å². The topological polar surface area (TPSA) is 92.3 Å². The Labute approximate surface area is 163 Å². The minimum atomic E-state index is -0.759. The molecule has 1 atom stereocenters. The van der Waals surface area contributed by atoms with Gasteiger partial charge in [-0.05, 0) is 31.4 Å². The van der Waals surface area contributed by atoms with Gasteiger partial charge in [-0.25, -0.2) is 4.98 Å². The maximum absolute atomic E-state index is 13.1. The highest BCUT2D eigenvalue weighted by Gasteiger charge is 2.43. The van der Waals surface area contributed by atoms with Gasteiger partial charge < -0.3 is 5.32 Å². The third-order valence-electron chi connectivity index (χ3n) is 5.53. The van der Waals surface area contributed by atoms with Crippen molar-refractivity contribution in [1.82, 2.24) is 9.97 Å². The zero-order chi connectivity index (χ0) is 19.7. The molecule has 0 spiro atoms. The predicted octanol–water partition coefficient (Wildman–Crippen LogP) is 2.90. The summed E-state index contributed by atoms with van der Waals surface area (Å²) in [4.78, 5) is 47.9. The first-order chi connectivity index (χ1) is 13.5. The van der Waals surface area contributed by atoms with Crippen LogP contribution in [0, 0.1) is 12.8 Å². The zero-order valence-corrected chi connectivity index (χ0v) is 15.7. The highest BCUT2D eigenvalue weighted by molar-refractivity contribution is 6.53. The van der Waals surface area contributed by atoms with Gasteiger partial charge in [0, 0.05) is 12.4 Å². The molecule has 2 amide bonds. The van der Waals surface area contributed by atoms with Crippen molar-refractivity contribution in [2.45, 2.75) is 45.1 Å². The molecule has 0 saturated heterocycles. The van der Waals surface area contributed by atoms with Gasteiger partial charge in [-0.1, -0.05) is 37.3 Å². The Kier molecular flexibility index (Phi) is 4.90. The highest BCUT2D eigenvalue weighted by Crippen LogP contribution is 2.36. The molecular weight excluding hydrogens is 356 g/mol. The summed E-state index contributed by atoms with van der Waals surface area (Å²) in [6.07, 6.45) is 9.32. The van der Waals surface area contributed by atoms with Gasteiger partial charge in [-0.2, -0.15) is 0 Å². The molecule has 144 valence electrons. The van der Waals surface area contributed by atoms with E-state index in [2.05, 4.69) is 15.3 Å². The van der Waals surface area contributed by atoms with E-state index in [1.807, 2.05) is 13.0 Å². The molecule has 2 aliphatic rings. The van der Waals surface area contributed by atoms with Gasteiger partial charge >= 0.3 is 0 Å². The summed E-state index contributed by atoms with van der Waals surface area (Å²) in [7, 11) is 0. The second kappa shape index (κ2) is 7.50. The fraction of sp³-hybridized carbons (Fsp3) is 0.381. The maximum atomic E-state index is 13.1. The minimum Gasteiger partial charge on any atom is -0.308 e. The number of hydrogen-bond donors (Lipinski definition) is 1. The lowest BCUT2D eigenvalue weighted by atomic mass is 9.96. The smallest absolute Gasteiger partial charge is 0.300 e. The third-order valence-corrected chi connectivity index (χ3v) is 5.53. The van der Waals surface area contributed by atoms with E-state index in [0.717, 1.165) is 31.2 Å². The van der Waals surface area contributed by atoms with Crippen molar-refractivity contribution in [3.63, 3.8) is 0 Å². The quantitative estimate of drug-likeness (QED) is 0.808. The van der Waals surface area contributed by atoms with Gasteiger partial charge in [-0.15, -0.1) is 0 Å². The first kappa shape index (κ1) is 18.3. The lowest BCUT2D eigenvalue weighted by Crippen LogP contribution is -2.48. The number of nitrogens with one attached hydrogen (secondary N) is 1. The van der Waals surface area contributed by atoms with Crippen LogP contribution in [-0.4, -0.2) is 33.6 Å². The largest absolute Gasteiger partial charge is 0.308 e. The Morgan fingerprint density at radius 2 is 2.04 bits per heavy atom. The van der Waals surface area contributed by atoms with E-state index in [1.54, 1.807) is 12.1 Å². The number of carbonyl (C=O) groups is 3. The van der Waals surface area contributed by atoms with Crippen molar-refractivity contribution in [2.75, 3.05) is 10.2 Å². The summed E-state index contributed by atoms with van der Waals surface area (Å²) < 4.78 is 0. The maximum Gasteiger partial charge on any atom is 0.300 e. The highest BCUT2D eigenvalue weighted by atomic mass is 16.2. The van der Waals surface area contributed by atoms with E-state index in [4.69, 9.17) is 0 Å². The molecule has 1 fully saturated rings. The second-order valence-electron chi connectivity index (χ2n) is 7.51. The van der Waals surface area contributed by atoms with Crippen LogP contribution in [0.1, 0.15) is 48.0 Å². The molecule has 2 heterocycles. The van der Waals surface area contributed by atoms with Crippen molar-refractivity contribution in [3.8, 4) is 0 Å². The first-order valence-electron chi connectivity index (χ1n) is 9.60. The molecular formula is C21H22N4O3. The molecule has 7 heteroatoms. The molecule has 1 saturated carbocycles. The van der Waals surface area contributed by atoms with Crippen molar-refractivity contribution >= 4 is 29.1 Å². The van der Waals surface area contributed by atoms with Crippen LogP contribution < -0.4 is 10.2 Å². The molecule has 0 bridgehead atoms. The van der Waals surface area contributed by atoms with Gasteiger partial charge in [0.2, 0.25) is 5.91 Å². The molecule has 1 aliphatic heterocycles. The van der Waals surface area contributed by atoms with Crippen LogP contribution in [0.25, 0.3) is 0 Å². The van der Waals surface area contributed by atoms with E-state index in [9.17, 15) is 14.4 Å². The van der Waals surface area contributed by atoms with Crippen LogP contribution in [-0.2, 0) is 9.59 Å². The van der Waals surface area contributed by atoms with E-state index in [0.29, 0.717) is 29.4 Å². The number of nitrogens with zero attached hydrogens (tertiary/aromatic N) is 3. The molecule has 0 radical (unpaired) electrons. The van der Waals surface area contributed by atoms with Gasteiger partial charge in [0.25, 0.3) is 11.7 Å². The number of benzene rings is 1. The van der Waals surface area contributed by atoms with E-state index in [1.165, 1.54) is 23.5 Å². The van der Waals surface area contributed by atoms with Crippen molar-refractivity contribution in [2.24, 2.45) is 5.92 Å². The standard InChI is InChI=1S/C21H22N4O3/c1-13-6-7-16-15(10-13)19(26)21(28)25(16)17(11-14-4-2-3-5-14)20(27)24-18-12-22-8-9-23-18/h6-10,12,14,17H,2-5,11H2,1H3,(H,23,24,27). The Morgan fingerprint density at radius 3 is 2.75 bits per heavy atom. The number of fused-ring (bicyclic) bond motifs is 1. The molecule has 2 aromatic rings. The number of aromatic nitrogens is 2. The van der Waals surface area contributed by atoms with E-state index >= 15 is 0 Å². The van der Waals surface area contributed by atoms with E-state index in [-0.39, 0.29) is 5.91 Å². The fourth-order valence-corrected chi connectivity index (χ4v) is 4.15. The van der Waals surface area contributed by atoms with Crippen LogP contribution in [0.15, 0.2) is 36.8 Å². The second-order valence-corrected chi connectivity index (χ2v) is 7.51. The molecule has 1 aromatic carbocycles. The Morgan fingerprint density at radius 1 is 1.25 bits per heavy atom. The number of amides is 2. The minimum absolute atomic E-state index is 0.325. The SMILES string of the molecule is Cc1ccc2c(c1)C(=O)C(=O)N2C(CC1CCCC1)C(=O)Nc1cnccn1. The molecule has 1 N–H and O–H groups in total. The molecule has 1 unspecified atom stereocenters. The molecule has 1 aromatic heterocycles. The average Bonchev–Trinajstić information content (AvgIpc) is 3.29. The molecule has 28 heavy (non-hydrogen) atoms. The summed E-state index contributed by atoms with van der Waals surface area (Å²) in [5, 5.41) is 2.75. The Balaban J connectivity index is 1.68. The van der Waals surface area contributed by atoms with Crippen LogP contribution in [0.3, 0.4) is 0 Å². The number of carbonyl (C=O) groups excluding carboxylic acids is 3. The average molecular weight is 378 g/mol. The Bertz CT molecular complexity index is 923. The molecule has 7 nitrogen and oxygen atoms in total. The zero-order valence-electron chi connectivity index (χ0n) is 15.7. The van der Waals surface area contributed by atoms with Gasteiger partial charge in [-0.3, -0.25) is 24.3 Å². The van der Waals surface area contributed by atoms with E-state index < -0.39 is 17.7 Å². The number of anilines is 2. The number of aryl methyl sites for hydroxylation is 1. The van der Waals surface area contributed by atoms with Crippen LogP contribution >= 0.6 is 0 Å². The summed E-state index contributed by atoms with van der Waals surface area (Å²) in [5.74, 6) is -0.858. The summed E-state index contributed by atoms with van der Waals surface area (Å²) in [5.41, 5.74) is 1.78. The summed E-state index contributed by atoms with van der Waals surface area (Å²) >= 11 is 0. The third kappa shape index (κ3) is 3.40. The Hall–Kier alpha value is -3.09. The van der Waals surface area contributed by atoms with Crippen molar-refractivity contribution < 1.29 is 14.4 Å². The predicted molar refractivity (Wildman–Crippen MR) is 104 cm³/mol. The fourth-order valence-electron chi connectivity index (χ4n) is 4.15. The number of ketones is 1. The number of Topliss-reactive ketones (excluding diaryl/α,β-unsaturated/α-hetero) is 1. The summed E-state index contributed by atoms with van der Waals surface area (Å²) in [6.45, 7) is 1.87. The van der Waals surface area contributed by atoms with Crippen LogP contribution in [0.2, 0.25) is 0 Å². The molecule has 1 aliphatic carbocycles. The summed E-state index contributed by atoms with van der Waals surface area (Å²) in [6, 6.07) is 4.56. The van der Waals surface area contributed by atoms with Gasteiger partial charge in [0.1, 0.15) is 6.04 Å². The number of rotatable bonds is 5. The number of hydrogen-bond acceptors (Lipinski definition) is 5. The lowest BCUT2D eigenvalue weighted by molar-refractivity contribution is -0.121. The molecule has 4 rings (SSSR count). The lowest BCUT2D eigenvalue weighted by Gasteiger charge is -2.29. The van der Waals surface area contributed by atoms with Crippen molar-refractivity contribution in [1.29, 1.82) is 0 Å². The van der Waals surface area contributed by atoms with Crippen LogP contribution in [0.4, 0.5) is 11.5 Å². The normalized spacial score (nSPS) is 17.7. The first-order valence-corrected chi connectivity index (χ1v) is 9.60. The van der Waals surface area contributed by atoms with Crippen molar-refractivity contribution in [3.05, 3.63) is 47.9 Å².